The highest BCUT2D eigenvalue weighted by Crippen LogP contribution is 2.66. The van der Waals surface area contributed by atoms with Crippen LogP contribution in [0.25, 0.3) is 0 Å². The summed E-state index contributed by atoms with van der Waals surface area (Å²) in [6.07, 6.45) is 20.7. The van der Waals surface area contributed by atoms with Crippen molar-refractivity contribution in [1.29, 1.82) is 0 Å². The van der Waals surface area contributed by atoms with E-state index >= 15 is 0 Å². The standard InChI is InChI=1S/C30H50N2/c1-6-10-23-13-14-25-27-16-15-26(22(3)31-20-8-11-24-12-9-21-32-24)30(27,5)19-17-28(25)29(23,4)18-7-2/h6,10,24-28,32H,1,7-9,11-21H2,2-5H3/b23-10-,31-22?. The molecular formula is C30H50N2. The first-order chi connectivity index (χ1) is 15.4. The van der Waals surface area contributed by atoms with Gasteiger partial charge in [0.25, 0.3) is 0 Å². The highest BCUT2D eigenvalue weighted by atomic mass is 14.9. The fourth-order valence-corrected chi connectivity index (χ4v) is 9.00. The van der Waals surface area contributed by atoms with Gasteiger partial charge in [-0.2, -0.15) is 0 Å². The molecule has 0 aromatic carbocycles. The number of nitrogens with one attached hydrogen (secondary N) is 1. The minimum absolute atomic E-state index is 0.392. The lowest BCUT2D eigenvalue weighted by Gasteiger charge is -2.57. The van der Waals surface area contributed by atoms with E-state index in [-0.39, 0.29) is 0 Å². The maximum absolute atomic E-state index is 5.17. The molecule has 0 bridgehead atoms. The molecule has 180 valence electrons. The second kappa shape index (κ2) is 10.2. The Morgan fingerprint density at radius 3 is 2.72 bits per heavy atom. The van der Waals surface area contributed by atoms with E-state index in [0.29, 0.717) is 10.8 Å². The van der Waals surface area contributed by atoms with Gasteiger partial charge in [-0.1, -0.05) is 51.5 Å². The van der Waals surface area contributed by atoms with E-state index in [1.54, 1.807) is 5.57 Å². The maximum atomic E-state index is 5.17. The SMILES string of the molecule is C=C/C=C1/CCC2C(CCC3(C)C(C(C)=NCCCC4CCCN4)CCC23)C1(C)CCC. The minimum atomic E-state index is 0.392. The first-order valence-electron chi connectivity index (χ1n) is 14.0. The van der Waals surface area contributed by atoms with E-state index in [1.807, 2.05) is 6.08 Å². The number of nitrogens with zero attached hydrogens (tertiary/aromatic N) is 1. The van der Waals surface area contributed by atoms with Gasteiger partial charge in [0.1, 0.15) is 0 Å². The molecule has 0 spiro atoms. The Kier molecular flexibility index (Phi) is 7.70. The third-order valence-corrected chi connectivity index (χ3v) is 10.6. The molecule has 3 saturated carbocycles. The normalized spacial score (nSPS) is 43.3. The van der Waals surface area contributed by atoms with Crippen LogP contribution in [-0.4, -0.2) is 24.8 Å². The van der Waals surface area contributed by atoms with E-state index < -0.39 is 0 Å². The number of aliphatic imine (C=N–C) groups is 1. The van der Waals surface area contributed by atoms with Crippen molar-refractivity contribution in [2.24, 2.45) is 39.5 Å². The zero-order valence-electron chi connectivity index (χ0n) is 21.6. The molecule has 0 aromatic rings. The van der Waals surface area contributed by atoms with Gasteiger partial charge in [0, 0.05) is 24.2 Å². The quantitative estimate of drug-likeness (QED) is 0.304. The van der Waals surface area contributed by atoms with Crippen molar-refractivity contribution >= 4 is 5.71 Å². The number of fused-ring (bicyclic) bond motifs is 3. The van der Waals surface area contributed by atoms with Crippen molar-refractivity contribution in [2.45, 2.75) is 111 Å². The van der Waals surface area contributed by atoms with E-state index in [4.69, 9.17) is 4.99 Å². The summed E-state index contributed by atoms with van der Waals surface area (Å²) < 4.78 is 0. The lowest BCUT2D eigenvalue weighted by atomic mass is 9.47. The van der Waals surface area contributed by atoms with Gasteiger partial charge >= 0.3 is 0 Å². The molecule has 0 aromatic heterocycles. The van der Waals surface area contributed by atoms with E-state index in [1.165, 1.54) is 89.3 Å². The smallest absolute Gasteiger partial charge is 0.0389 e. The third kappa shape index (κ3) is 4.42. The number of allylic oxidation sites excluding steroid dienone is 3. The van der Waals surface area contributed by atoms with Crippen LogP contribution in [0.15, 0.2) is 29.3 Å². The van der Waals surface area contributed by atoms with Gasteiger partial charge in [0.05, 0.1) is 0 Å². The van der Waals surface area contributed by atoms with Gasteiger partial charge in [-0.15, -0.1) is 0 Å². The zero-order valence-corrected chi connectivity index (χ0v) is 21.6. The molecule has 1 heterocycles. The molecule has 7 atom stereocenters. The van der Waals surface area contributed by atoms with Crippen LogP contribution in [-0.2, 0) is 0 Å². The summed E-state index contributed by atoms with van der Waals surface area (Å²) in [5.41, 5.74) is 4.05. The minimum Gasteiger partial charge on any atom is -0.314 e. The molecule has 0 radical (unpaired) electrons. The summed E-state index contributed by atoms with van der Waals surface area (Å²) in [4.78, 5) is 5.17. The highest BCUT2D eigenvalue weighted by Gasteiger charge is 2.58. The van der Waals surface area contributed by atoms with Crippen molar-refractivity contribution in [3.05, 3.63) is 24.3 Å². The second-order valence-corrected chi connectivity index (χ2v) is 12.1. The number of rotatable bonds is 8. The first kappa shape index (κ1) is 24.2. The van der Waals surface area contributed by atoms with Crippen molar-refractivity contribution in [2.75, 3.05) is 13.1 Å². The van der Waals surface area contributed by atoms with Gasteiger partial charge in [-0.25, -0.2) is 0 Å². The fraction of sp³-hybridized carbons (Fsp3) is 0.833. The summed E-state index contributed by atoms with van der Waals surface area (Å²) in [7, 11) is 0. The van der Waals surface area contributed by atoms with Gasteiger partial charge < -0.3 is 5.32 Å². The zero-order chi connectivity index (χ0) is 22.8. The first-order valence-corrected chi connectivity index (χ1v) is 14.0. The molecule has 1 N–H and O–H groups in total. The Morgan fingerprint density at radius 1 is 1.16 bits per heavy atom. The molecule has 4 fully saturated rings. The predicted molar refractivity (Wildman–Crippen MR) is 139 cm³/mol. The molecule has 2 heteroatoms. The Bertz CT molecular complexity index is 714. The summed E-state index contributed by atoms with van der Waals surface area (Å²) in [5, 5.41) is 3.64. The molecule has 0 amide bonds. The van der Waals surface area contributed by atoms with Crippen molar-refractivity contribution in [3.8, 4) is 0 Å². The lowest BCUT2D eigenvalue weighted by molar-refractivity contribution is -0.0408. The Labute approximate surface area is 198 Å². The average molecular weight is 439 g/mol. The van der Waals surface area contributed by atoms with Crippen molar-refractivity contribution in [3.63, 3.8) is 0 Å². The molecule has 4 aliphatic rings. The monoisotopic (exact) mass is 438 g/mol. The van der Waals surface area contributed by atoms with Gasteiger partial charge in [0.15, 0.2) is 0 Å². The summed E-state index contributed by atoms with van der Waals surface area (Å²) in [6.45, 7) is 16.3. The van der Waals surface area contributed by atoms with Crippen LogP contribution in [0, 0.1) is 34.5 Å². The van der Waals surface area contributed by atoms with Crippen LogP contribution in [0.5, 0.6) is 0 Å². The molecule has 2 nitrogen and oxygen atoms in total. The highest BCUT2D eigenvalue weighted by molar-refractivity contribution is 5.85. The Hall–Kier alpha value is -0.890. The van der Waals surface area contributed by atoms with Crippen LogP contribution >= 0.6 is 0 Å². The Balaban J connectivity index is 1.44. The third-order valence-electron chi connectivity index (χ3n) is 10.6. The maximum Gasteiger partial charge on any atom is 0.0389 e. The fourth-order valence-electron chi connectivity index (χ4n) is 9.00. The molecule has 1 saturated heterocycles. The lowest BCUT2D eigenvalue weighted by Crippen LogP contribution is -2.50. The van der Waals surface area contributed by atoms with Crippen LogP contribution in [0.2, 0.25) is 0 Å². The van der Waals surface area contributed by atoms with E-state index in [2.05, 4.69) is 45.7 Å². The predicted octanol–water partition coefficient (Wildman–Crippen LogP) is 7.75. The van der Waals surface area contributed by atoms with Crippen LogP contribution in [0.3, 0.4) is 0 Å². The van der Waals surface area contributed by atoms with Gasteiger partial charge in [-0.3, -0.25) is 4.99 Å². The average Bonchev–Trinajstić information content (AvgIpc) is 3.41. The van der Waals surface area contributed by atoms with Crippen molar-refractivity contribution < 1.29 is 0 Å². The summed E-state index contributed by atoms with van der Waals surface area (Å²) >= 11 is 0. The Morgan fingerprint density at radius 2 is 2.00 bits per heavy atom. The number of hydrogen-bond acceptors (Lipinski definition) is 2. The molecule has 3 aliphatic carbocycles. The van der Waals surface area contributed by atoms with Gasteiger partial charge in [-0.05, 0) is 113 Å². The van der Waals surface area contributed by atoms with Gasteiger partial charge in [0.2, 0.25) is 0 Å². The number of hydrogen-bond donors (Lipinski definition) is 1. The largest absolute Gasteiger partial charge is 0.314 e. The summed E-state index contributed by atoms with van der Waals surface area (Å²) in [5.74, 6) is 3.41. The topological polar surface area (TPSA) is 24.4 Å². The van der Waals surface area contributed by atoms with E-state index in [9.17, 15) is 0 Å². The summed E-state index contributed by atoms with van der Waals surface area (Å²) in [6, 6.07) is 0.762. The van der Waals surface area contributed by atoms with Crippen molar-refractivity contribution in [1.82, 2.24) is 5.32 Å². The second-order valence-electron chi connectivity index (χ2n) is 12.1. The molecule has 4 rings (SSSR count). The molecule has 32 heavy (non-hydrogen) atoms. The van der Waals surface area contributed by atoms with Crippen LogP contribution < -0.4 is 5.32 Å². The molecule has 1 aliphatic heterocycles. The van der Waals surface area contributed by atoms with E-state index in [0.717, 1.165) is 36.3 Å². The van der Waals surface area contributed by atoms with Crippen LogP contribution in [0.1, 0.15) is 105 Å². The van der Waals surface area contributed by atoms with Crippen LogP contribution in [0.4, 0.5) is 0 Å². The molecule has 7 unspecified atom stereocenters. The molecular weight excluding hydrogens is 388 g/mol.